The van der Waals surface area contributed by atoms with Crippen LogP contribution in [0.2, 0.25) is 0 Å². The second-order valence-electron chi connectivity index (χ2n) is 4.98. The molecule has 0 aromatic heterocycles. The van der Waals surface area contributed by atoms with Gasteiger partial charge in [0.1, 0.15) is 5.75 Å². The molecule has 22 heavy (non-hydrogen) atoms. The van der Waals surface area contributed by atoms with Gasteiger partial charge in [0, 0.05) is 13.0 Å². The Morgan fingerprint density at radius 3 is 2.41 bits per heavy atom. The van der Waals surface area contributed by atoms with Gasteiger partial charge in [-0.3, -0.25) is 19.0 Å². The van der Waals surface area contributed by atoms with E-state index in [2.05, 4.69) is 9.84 Å². The van der Waals surface area contributed by atoms with E-state index in [1.165, 1.54) is 12.1 Å². The van der Waals surface area contributed by atoms with Gasteiger partial charge in [0.25, 0.3) is 0 Å². The molecule has 0 aliphatic heterocycles. The zero-order valence-corrected chi connectivity index (χ0v) is 13.6. The summed E-state index contributed by atoms with van der Waals surface area (Å²) in [6.07, 6.45) is 0.833. The van der Waals surface area contributed by atoms with Crippen molar-refractivity contribution >= 4 is 20.0 Å². The molecule has 8 heteroatoms. The summed E-state index contributed by atoms with van der Waals surface area (Å²) < 4.78 is 20.4. The number of amides is 1. The Bertz CT molecular complexity index is 557. The molecule has 0 aliphatic rings. The summed E-state index contributed by atoms with van der Waals surface area (Å²) in [4.78, 5) is 31.8. The number of phosphoric ester groups is 1. The number of carbonyl (C=O) groups is 2. The summed E-state index contributed by atoms with van der Waals surface area (Å²) >= 11 is 0. The first-order valence-electron chi connectivity index (χ1n) is 6.69. The highest BCUT2D eigenvalue weighted by Gasteiger charge is 2.22. The number of rotatable bonds is 9. The van der Waals surface area contributed by atoms with E-state index in [4.69, 9.17) is 4.52 Å². The van der Waals surface area contributed by atoms with Crippen LogP contribution < -0.4 is 9.84 Å². The van der Waals surface area contributed by atoms with E-state index >= 15 is 0 Å². The predicted molar refractivity (Wildman–Crippen MR) is 80.4 cm³/mol. The predicted octanol–water partition coefficient (Wildman–Crippen LogP) is 1.69. The summed E-state index contributed by atoms with van der Waals surface area (Å²) in [5.74, 6) is -0.0831. The lowest BCUT2D eigenvalue weighted by Crippen LogP contribution is -2.40. The third-order valence-electron chi connectivity index (χ3n) is 3.00. The molecule has 0 saturated heterocycles. The Kier molecular flexibility index (Phi) is 6.74. The molecule has 0 heterocycles. The summed E-state index contributed by atoms with van der Waals surface area (Å²) in [6.45, 7) is 3.53. The van der Waals surface area contributed by atoms with Crippen molar-refractivity contribution in [1.82, 2.24) is 5.32 Å². The quantitative estimate of drug-likeness (QED) is 0.528. The van der Waals surface area contributed by atoms with E-state index in [0.29, 0.717) is 12.8 Å². The molecule has 0 saturated carbocycles. The van der Waals surface area contributed by atoms with Crippen LogP contribution >= 0.6 is 7.82 Å². The average Bonchev–Trinajstić information content (AvgIpc) is 2.47. The summed E-state index contributed by atoms with van der Waals surface area (Å²) in [6, 6.07) is 5.69. The first-order chi connectivity index (χ1) is 10.3. The molecule has 1 unspecified atom stereocenters. The van der Waals surface area contributed by atoms with Gasteiger partial charge in [-0.15, -0.1) is 0 Å². The summed E-state index contributed by atoms with van der Waals surface area (Å²) in [5.41, 5.74) is 0.783. The van der Waals surface area contributed by atoms with Gasteiger partial charge in [-0.1, -0.05) is 26.0 Å². The standard InChI is InChI=1S/C14H20NO6P/c1-10(2)14(17)13(15-9-16)8-11-4-6-12(7-5-11)21-22(18,19)20-3/h4-7,9-10,13H,8H2,1-3H3,(H,15,16)(H,18,19)/t13-/m0/s1. The molecule has 122 valence electrons. The van der Waals surface area contributed by atoms with Crippen molar-refractivity contribution in [3.8, 4) is 5.75 Å². The van der Waals surface area contributed by atoms with Crippen LogP contribution in [0.4, 0.5) is 0 Å². The molecule has 2 atom stereocenters. The molecular weight excluding hydrogens is 309 g/mol. The Balaban J connectivity index is 2.79. The van der Waals surface area contributed by atoms with Gasteiger partial charge in [0.15, 0.2) is 5.78 Å². The number of carbonyl (C=O) groups excluding carboxylic acids is 2. The van der Waals surface area contributed by atoms with Gasteiger partial charge >= 0.3 is 7.82 Å². The highest BCUT2D eigenvalue weighted by Crippen LogP contribution is 2.42. The van der Waals surface area contributed by atoms with Gasteiger partial charge in [-0.2, -0.15) is 0 Å². The molecule has 7 nitrogen and oxygen atoms in total. The minimum absolute atomic E-state index is 0.0633. The monoisotopic (exact) mass is 329 g/mol. The molecular formula is C14H20NO6P. The third-order valence-corrected chi connectivity index (χ3v) is 3.90. The lowest BCUT2D eigenvalue weighted by atomic mass is 9.96. The first-order valence-corrected chi connectivity index (χ1v) is 8.19. The second kappa shape index (κ2) is 8.08. The molecule has 0 spiro atoms. The average molecular weight is 329 g/mol. The van der Waals surface area contributed by atoms with Crippen LogP contribution in [0.1, 0.15) is 19.4 Å². The van der Waals surface area contributed by atoms with E-state index < -0.39 is 13.9 Å². The number of phosphoric acid groups is 1. The fourth-order valence-electron chi connectivity index (χ4n) is 1.82. The Morgan fingerprint density at radius 1 is 1.36 bits per heavy atom. The molecule has 2 N–H and O–H groups in total. The second-order valence-corrected chi connectivity index (χ2v) is 6.47. The lowest BCUT2D eigenvalue weighted by Gasteiger charge is -2.17. The number of Topliss-reactive ketones (excluding diaryl/α,β-unsaturated/α-hetero) is 1. The van der Waals surface area contributed by atoms with Crippen LogP contribution in [-0.4, -0.2) is 30.2 Å². The maximum absolute atomic E-state index is 12.0. The van der Waals surface area contributed by atoms with E-state index in [1.54, 1.807) is 26.0 Å². The molecule has 1 aromatic carbocycles. The highest BCUT2D eigenvalue weighted by molar-refractivity contribution is 7.47. The summed E-state index contributed by atoms with van der Waals surface area (Å²) in [5, 5.41) is 2.51. The van der Waals surface area contributed by atoms with Crippen molar-refractivity contribution in [3.05, 3.63) is 29.8 Å². The largest absolute Gasteiger partial charge is 0.527 e. The number of hydrogen-bond acceptors (Lipinski definition) is 5. The maximum Gasteiger partial charge on any atom is 0.527 e. The van der Waals surface area contributed by atoms with Crippen molar-refractivity contribution in [3.63, 3.8) is 0 Å². The summed E-state index contributed by atoms with van der Waals surface area (Å²) in [7, 11) is -3.02. The molecule has 0 aliphatic carbocycles. The Hall–Kier alpha value is -1.69. The molecule has 0 bridgehead atoms. The number of ketones is 1. The molecule has 0 fully saturated rings. The number of nitrogens with one attached hydrogen (secondary N) is 1. The van der Waals surface area contributed by atoms with Crippen LogP contribution in [0.25, 0.3) is 0 Å². The fraction of sp³-hybridized carbons (Fsp3) is 0.429. The van der Waals surface area contributed by atoms with Crippen molar-refractivity contribution in [2.24, 2.45) is 5.92 Å². The van der Waals surface area contributed by atoms with E-state index in [0.717, 1.165) is 12.7 Å². The SMILES string of the molecule is COP(=O)(O)Oc1ccc(C[C@H](NC=O)C(=O)C(C)C)cc1. The minimum Gasteiger partial charge on any atom is -0.404 e. The van der Waals surface area contributed by atoms with Crippen LogP contribution in [0.3, 0.4) is 0 Å². The first kappa shape index (κ1) is 18.4. The molecule has 1 aromatic rings. The maximum atomic E-state index is 12.0. The van der Waals surface area contributed by atoms with Gasteiger partial charge < -0.3 is 9.84 Å². The van der Waals surface area contributed by atoms with E-state index in [-0.39, 0.29) is 17.5 Å². The van der Waals surface area contributed by atoms with Crippen LogP contribution in [-0.2, 0) is 25.1 Å². The molecule has 1 amide bonds. The molecule has 1 rings (SSSR count). The molecule has 0 radical (unpaired) electrons. The van der Waals surface area contributed by atoms with Crippen LogP contribution in [0.15, 0.2) is 24.3 Å². The Morgan fingerprint density at radius 2 is 1.95 bits per heavy atom. The highest BCUT2D eigenvalue weighted by atomic mass is 31.2. The van der Waals surface area contributed by atoms with Crippen LogP contribution in [0, 0.1) is 5.92 Å². The smallest absolute Gasteiger partial charge is 0.404 e. The van der Waals surface area contributed by atoms with Crippen molar-refractivity contribution in [2.45, 2.75) is 26.3 Å². The van der Waals surface area contributed by atoms with Crippen molar-refractivity contribution in [2.75, 3.05) is 7.11 Å². The topological polar surface area (TPSA) is 102 Å². The van der Waals surface area contributed by atoms with Gasteiger partial charge in [-0.05, 0) is 24.1 Å². The van der Waals surface area contributed by atoms with Gasteiger partial charge in [0.2, 0.25) is 6.41 Å². The number of hydrogen-bond donors (Lipinski definition) is 2. The van der Waals surface area contributed by atoms with E-state index in [1.807, 2.05) is 0 Å². The zero-order valence-electron chi connectivity index (χ0n) is 12.7. The zero-order chi connectivity index (χ0) is 16.8. The normalized spacial score (nSPS) is 15.0. The van der Waals surface area contributed by atoms with Gasteiger partial charge in [-0.25, -0.2) is 4.57 Å². The minimum atomic E-state index is -4.09. The lowest BCUT2D eigenvalue weighted by molar-refractivity contribution is -0.126. The fourth-order valence-corrected chi connectivity index (χ4v) is 2.28. The third kappa shape index (κ3) is 5.60. The number of benzene rings is 1. The van der Waals surface area contributed by atoms with Crippen molar-refractivity contribution in [1.29, 1.82) is 0 Å². The van der Waals surface area contributed by atoms with Crippen LogP contribution in [0.5, 0.6) is 5.75 Å². The van der Waals surface area contributed by atoms with Gasteiger partial charge in [0.05, 0.1) is 6.04 Å². The van der Waals surface area contributed by atoms with Crippen molar-refractivity contribution < 1.29 is 28.1 Å². The Labute approximate surface area is 129 Å². The van der Waals surface area contributed by atoms with E-state index in [9.17, 15) is 19.0 Å².